The number of benzene rings is 1. The predicted molar refractivity (Wildman–Crippen MR) is 112 cm³/mol. The van der Waals surface area contributed by atoms with Crippen LogP contribution < -0.4 is 16.0 Å². The van der Waals surface area contributed by atoms with E-state index in [4.69, 9.17) is 0 Å². The van der Waals surface area contributed by atoms with E-state index in [0.29, 0.717) is 10.6 Å². The summed E-state index contributed by atoms with van der Waals surface area (Å²) in [4.78, 5) is 48.5. The molecule has 4 rings (SSSR count). The lowest BCUT2D eigenvalue weighted by Crippen LogP contribution is -2.25. The van der Waals surface area contributed by atoms with E-state index in [1.54, 1.807) is 0 Å². The molecule has 1 aromatic carbocycles. The standard InChI is InChI=1S/C20H15F3N6O3S/c1-9-2-3-10(4-12(9)20(21,22)23)28-18(31)13-6-24-15(33-13)7-25-19(32)16-11-5-14(30)29-17(11)27-8-26-16/h2-4,6,8H,5,7H2,1H3,(H,25,32)(H,28,31)(H,26,27,29,30). The number of aryl methyl sites for hydroxylation is 1. The molecule has 0 spiro atoms. The van der Waals surface area contributed by atoms with Crippen molar-refractivity contribution in [1.29, 1.82) is 0 Å². The van der Waals surface area contributed by atoms with Gasteiger partial charge in [-0.05, 0) is 24.6 Å². The van der Waals surface area contributed by atoms with Gasteiger partial charge in [0.15, 0.2) is 0 Å². The van der Waals surface area contributed by atoms with Crippen LogP contribution in [0.1, 0.15) is 41.9 Å². The fourth-order valence-electron chi connectivity index (χ4n) is 3.15. The van der Waals surface area contributed by atoms with Crippen LogP contribution in [0, 0.1) is 6.92 Å². The second-order valence-corrected chi connectivity index (χ2v) is 8.17. The van der Waals surface area contributed by atoms with Crippen LogP contribution in [0.25, 0.3) is 0 Å². The molecule has 0 unspecified atom stereocenters. The molecule has 0 bridgehead atoms. The van der Waals surface area contributed by atoms with E-state index >= 15 is 0 Å². The minimum Gasteiger partial charge on any atom is -0.344 e. The lowest BCUT2D eigenvalue weighted by Gasteiger charge is -2.12. The number of hydrogen-bond donors (Lipinski definition) is 3. The van der Waals surface area contributed by atoms with Gasteiger partial charge in [0.05, 0.1) is 24.7 Å². The van der Waals surface area contributed by atoms with Gasteiger partial charge in [-0.2, -0.15) is 13.2 Å². The first-order chi connectivity index (χ1) is 15.6. The van der Waals surface area contributed by atoms with Crippen LogP contribution in [-0.2, 0) is 23.9 Å². The number of nitrogens with one attached hydrogen (secondary N) is 3. The average Bonchev–Trinajstić information content (AvgIpc) is 3.38. The zero-order chi connectivity index (χ0) is 23.8. The van der Waals surface area contributed by atoms with Gasteiger partial charge in [-0.1, -0.05) is 6.07 Å². The summed E-state index contributed by atoms with van der Waals surface area (Å²) in [5.74, 6) is -1.16. The maximum absolute atomic E-state index is 13.1. The van der Waals surface area contributed by atoms with E-state index < -0.39 is 23.6 Å². The number of aromatic nitrogens is 3. The number of alkyl halides is 3. The summed E-state index contributed by atoms with van der Waals surface area (Å²) in [6.07, 6.45) is -2.10. The Morgan fingerprint density at radius 2 is 1.97 bits per heavy atom. The molecule has 0 radical (unpaired) electrons. The first kappa shape index (κ1) is 22.3. The number of fused-ring (bicyclic) bond motifs is 1. The molecule has 2 aromatic heterocycles. The monoisotopic (exact) mass is 476 g/mol. The van der Waals surface area contributed by atoms with Crippen LogP contribution in [0.4, 0.5) is 24.7 Å². The van der Waals surface area contributed by atoms with Crippen molar-refractivity contribution in [1.82, 2.24) is 20.3 Å². The molecular formula is C20H15F3N6O3S. The van der Waals surface area contributed by atoms with Gasteiger partial charge in [0.2, 0.25) is 5.91 Å². The third kappa shape index (κ3) is 4.82. The van der Waals surface area contributed by atoms with Crippen LogP contribution >= 0.6 is 11.3 Å². The fourth-order valence-corrected chi connectivity index (χ4v) is 3.91. The van der Waals surface area contributed by atoms with Gasteiger partial charge >= 0.3 is 6.18 Å². The zero-order valence-corrected chi connectivity index (χ0v) is 17.7. The maximum Gasteiger partial charge on any atom is 0.416 e. The Bertz CT molecular complexity index is 1270. The number of carbonyl (C=O) groups is 3. The first-order valence-corrected chi connectivity index (χ1v) is 10.3. The van der Waals surface area contributed by atoms with Crippen molar-refractivity contribution in [3.8, 4) is 0 Å². The third-order valence-corrected chi connectivity index (χ3v) is 5.73. The Balaban J connectivity index is 1.40. The molecule has 33 heavy (non-hydrogen) atoms. The molecule has 1 aliphatic rings. The van der Waals surface area contributed by atoms with Crippen LogP contribution in [-0.4, -0.2) is 32.7 Å². The Morgan fingerprint density at radius 3 is 2.73 bits per heavy atom. The topological polar surface area (TPSA) is 126 Å². The van der Waals surface area contributed by atoms with Crippen LogP contribution in [0.2, 0.25) is 0 Å². The molecular weight excluding hydrogens is 461 g/mol. The van der Waals surface area contributed by atoms with Crippen molar-refractivity contribution in [2.24, 2.45) is 0 Å². The summed E-state index contributed by atoms with van der Waals surface area (Å²) in [5.41, 5.74) is -0.322. The van der Waals surface area contributed by atoms with E-state index in [9.17, 15) is 27.6 Å². The quantitative estimate of drug-likeness (QED) is 0.520. The summed E-state index contributed by atoms with van der Waals surface area (Å²) in [6, 6.07) is 3.53. The summed E-state index contributed by atoms with van der Waals surface area (Å²) in [7, 11) is 0. The zero-order valence-electron chi connectivity index (χ0n) is 16.9. The Hall–Kier alpha value is -3.87. The summed E-state index contributed by atoms with van der Waals surface area (Å²) >= 11 is 0.977. The molecule has 3 heterocycles. The van der Waals surface area contributed by atoms with Crippen molar-refractivity contribution >= 4 is 40.6 Å². The summed E-state index contributed by atoms with van der Waals surface area (Å²) < 4.78 is 39.2. The molecule has 1 aliphatic heterocycles. The molecule has 0 atom stereocenters. The van der Waals surface area contributed by atoms with Crippen molar-refractivity contribution in [2.75, 3.05) is 10.6 Å². The second kappa shape index (κ2) is 8.58. The number of anilines is 2. The lowest BCUT2D eigenvalue weighted by atomic mass is 10.1. The maximum atomic E-state index is 13.1. The Morgan fingerprint density at radius 1 is 1.18 bits per heavy atom. The Kier molecular flexibility index (Phi) is 5.80. The van der Waals surface area contributed by atoms with Gasteiger partial charge in [-0.15, -0.1) is 11.3 Å². The third-order valence-electron chi connectivity index (χ3n) is 4.73. The first-order valence-electron chi connectivity index (χ1n) is 9.47. The second-order valence-electron chi connectivity index (χ2n) is 7.06. The van der Waals surface area contributed by atoms with Crippen LogP contribution in [0.5, 0.6) is 0 Å². The molecule has 9 nitrogen and oxygen atoms in total. The van der Waals surface area contributed by atoms with Gasteiger partial charge in [0, 0.05) is 11.3 Å². The minimum atomic E-state index is -4.53. The number of thiazole rings is 1. The van der Waals surface area contributed by atoms with Gasteiger partial charge < -0.3 is 16.0 Å². The highest BCUT2D eigenvalue weighted by Gasteiger charge is 2.32. The van der Waals surface area contributed by atoms with Gasteiger partial charge in [-0.25, -0.2) is 15.0 Å². The van der Waals surface area contributed by atoms with E-state index in [2.05, 4.69) is 30.9 Å². The molecule has 0 aliphatic carbocycles. The smallest absolute Gasteiger partial charge is 0.344 e. The van der Waals surface area contributed by atoms with Crippen molar-refractivity contribution in [2.45, 2.75) is 26.1 Å². The molecule has 170 valence electrons. The predicted octanol–water partition coefficient (Wildman–Crippen LogP) is 2.94. The fraction of sp³-hybridized carbons (Fsp3) is 0.200. The molecule has 13 heteroatoms. The Labute approximate surface area is 188 Å². The van der Waals surface area contributed by atoms with Gasteiger partial charge in [0.25, 0.3) is 11.8 Å². The SMILES string of the molecule is Cc1ccc(NC(=O)c2cnc(CNC(=O)c3ncnc4c3CC(=O)N4)s2)cc1C(F)(F)F. The van der Waals surface area contributed by atoms with Crippen LogP contribution in [0.15, 0.2) is 30.7 Å². The van der Waals surface area contributed by atoms with E-state index in [0.717, 1.165) is 17.4 Å². The van der Waals surface area contributed by atoms with Crippen molar-refractivity contribution in [3.63, 3.8) is 0 Å². The van der Waals surface area contributed by atoms with E-state index in [1.165, 1.54) is 31.6 Å². The van der Waals surface area contributed by atoms with Gasteiger partial charge in [0.1, 0.15) is 27.7 Å². The summed E-state index contributed by atoms with van der Waals surface area (Å²) in [6.45, 7) is 1.32. The molecule has 3 aromatic rings. The minimum absolute atomic E-state index is 0.00181. The number of rotatable bonds is 5. The van der Waals surface area contributed by atoms with Gasteiger partial charge in [-0.3, -0.25) is 14.4 Å². The lowest BCUT2D eigenvalue weighted by molar-refractivity contribution is -0.138. The number of nitrogens with zero attached hydrogens (tertiary/aromatic N) is 3. The number of hydrogen-bond acceptors (Lipinski definition) is 7. The molecule has 0 fully saturated rings. The average molecular weight is 476 g/mol. The van der Waals surface area contributed by atoms with E-state index in [-0.39, 0.29) is 46.5 Å². The van der Waals surface area contributed by atoms with Crippen LogP contribution in [0.3, 0.4) is 0 Å². The molecule has 0 saturated heterocycles. The molecule has 3 N–H and O–H groups in total. The van der Waals surface area contributed by atoms with Crippen molar-refractivity contribution in [3.05, 3.63) is 63.0 Å². The highest BCUT2D eigenvalue weighted by molar-refractivity contribution is 7.13. The molecule has 3 amide bonds. The highest BCUT2D eigenvalue weighted by atomic mass is 32.1. The number of carbonyl (C=O) groups excluding carboxylic acids is 3. The largest absolute Gasteiger partial charge is 0.416 e. The number of halogens is 3. The van der Waals surface area contributed by atoms with Crippen molar-refractivity contribution < 1.29 is 27.6 Å². The normalized spacial score (nSPS) is 12.8. The summed E-state index contributed by atoms with van der Waals surface area (Å²) in [5, 5.41) is 7.96. The molecule has 0 saturated carbocycles. The van der Waals surface area contributed by atoms with E-state index in [1.807, 2.05) is 0 Å². The highest BCUT2D eigenvalue weighted by Crippen LogP contribution is 2.33. The number of amides is 3.